The molecule has 0 saturated carbocycles. The van der Waals surface area contributed by atoms with Crippen molar-refractivity contribution in [2.45, 2.75) is 30.5 Å². The van der Waals surface area contributed by atoms with Crippen LogP contribution in [0.3, 0.4) is 0 Å². The summed E-state index contributed by atoms with van der Waals surface area (Å²) in [5, 5.41) is 19.9. The van der Waals surface area contributed by atoms with Gasteiger partial charge in [-0.1, -0.05) is 0 Å². The Balaban J connectivity index is 2.44. The number of aromatic amines is 1. The lowest BCUT2D eigenvalue weighted by Gasteiger charge is -2.29. The molecule has 0 aliphatic carbocycles. The smallest absolute Gasteiger partial charge is 0.330 e. The van der Waals surface area contributed by atoms with Crippen LogP contribution in [0, 0.1) is 0 Å². The Hall–Kier alpha value is -1.09. The monoisotopic (exact) mass is 319 g/mol. The van der Waals surface area contributed by atoms with Crippen LogP contribution in [0.25, 0.3) is 0 Å². The predicted octanol–water partition coefficient (Wildman–Crippen LogP) is -2.32. The highest BCUT2D eigenvalue weighted by Crippen LogP contribution is 2.40. The molecular formula is C11H18N3O6P. The van der Waals surface area contributed by atoms with Crippen LogP contribution >= 0.6 is 9.47 Å². The van der Waals surface area contributed by atoms with E-state index in [4.69, 9.17) is 15.0 Å². The summed E-state index contributed by atoms with van der Waals surface area (Å²) in [4.78, 5) is 25.0. The Bertz CT molecular complexity index is 604. The van der Waals surface area contributed by atoms with Crippen molar-refractivity contribution < 1.29 is 19.5 Å². The van der Waals surface area contributed by atoms with Gasteiger partial charge in [-0.25, -0.2) is 4.79 Å². The second-order valence-corrected chi connectivity index (χ2v) is 5.11. The maximum Gasteiger partial charge on any atom is 0.330 e. The Kier molecular flexibility index (Phi) is 4.92. The molecule has 2 heterocycles. The third kappa shape index (κ3) is 2.80. The van der Waals surface area contributed by atoms with E-state index in [1.54, 1.807) is 0 Å². The van der Waals surface area contributed by atoms with Crippen molar-refractivity contribution in [3.05, 3.63) is 33.1 Å². The molecule has 21 heavy (non-hydrogen) atoms. The van der Waals surface area contributed by atoms with Crippen LogP contribution in [0.4, 0.5) is 0 Å². The van der Waals surface area contributed by atoms with Gasteiger partial charge in [0.15, 0.2) is 6.23 Å². The van der Waals surface area contributed by atoms with E-state index in [1.807, 2.05) is 9.47 Å². The second kappa shape index (κ2) is 6.35. The summed E-state index contributed by atoms with van der Waals surface area (Å²) in [6.45, 7) is -0.307. The third-order valence-electron chi connectivity index (χ3n) is 3.60. The number of hydrogen-bond acceptors (Lipinski definition) is 7. The third-order valence-corrected chi connectivity index (χ3v) is 3.92. The van der Waals surface area contributed by atoms with Gasteiger partial charge in [-0.15, -0.1) is 0 Å². The van der Waals surface area contributed by atoms with Gasteiger partial charge in [-0.05, 0) is 13.0 Å². The number of aliphatic hydroxyl groups excluding tert-OH is 2. The Morgan fingerprint density at radius 1 is 1.57 bits per heavy atom. The maximum atomic E-state index is 11.8. The van der Waals surface area contributed by atoms with E-state index in [0.29, 0.717) is 0 Å². The zero-order chi connectivity index (χ0) is 15.6. The topological polar surface area (TPSA) is 140 Å². The minimum atomic E-state index is -1.32. The zero-order valence-electron chi connectivity index (χ0n) is 11.1. The quantitative estimate of drug-likeness (QED) is 0.447. The molecule has 1 aliphatic heterocycles. The van der Waals surface area contributed by atoms with Crippen LogP contribution in [0.1, 0.15) is 12.6 Å². The fourth-order valence-electron chi connectivity index (χ4n) is 2.48. The molecule has 0 aromatic carbocycles. The highest BCUT2D eigenvalue weighted by atomic mass is 31.0. The number of H-pyrrole nitrogens is 1. The molecule has 9 nitrogen and oxygen atoms in total. The first-order valence-electron chi connectivity index (χ1n) is 6.33. The second-order valence-electron chi connectivity index (χ2n) is 4.83. The minimum absolute atomic E-state index is 0.175. The average Bonchev–Trinajstić information content (AvgIpc) is 2.72. The molecular weight excluding hydrogens is 301 g/mol. The molecule has 2 rings (SSSR count). The molecule has 0 bridgehead atoms. The Labute approximate surface area is 122 Å². The molecule has 118 valence electrons. The molecule has 1 fully saturated rings. The molecule has 0 radical (unpaired) electrons. The van der Waals surface area contributed by atoms with Gasteiger partial charge in [0, 0.05) is 21.7 Å². The largest absolute Gasteiger partial charge is 0.393 e. The molecule has 10 heteroatoms. The minimum Gasteiger partial charge on any atom is -0.393 e. The summed E-state index contributed by atoms with van der Waals surface area (Å²) < 4.78 is 11.9. The van der Waals surface area contributed by atoms with Gasteiger partial charge in [0.25, 0.3) is 5.56 Å². The molecule has 2 unspecified atom stereocenters. The lowest BCUT2D eigenvalue weighted by atomic mass is 9.92. The molecule has 5 N–H and O–H groups in total. The van der Waals surface area contributed by atoms with Gasteiger partial charge >= 0.3 is 5.69 Å². The van der Waals surface area contributed by atoms with Crippen molar-refractivity contribution in [3.8, 4) is 0 Å². The highest BCUT2D eigenvalue weighted by Gasteiger charge is 2.55. The van der Waals surface area contributed by atoms with Gasteiger partial charge in [0.1, 0.15) is 17.8 Å². The van der Waals surface area contributed by atoms with Gasteiger partial charge in [-0.2, -0.15) is 0 Å². The lowest BCUT2D eigenvalue weighted by molar-refractivity contribution is -0.131. The van der Waals surface area contributed by atoms with Crippen LogP contribution in [-0.2, 0) is 9.26 Å². The molecule has 1 aromatic rings. The first-order chi connectivity index (χ1) is 9.99. The standard InChI is InChI=1S/C11H18N3O6P/c12-3-2-11(5-15)8(17)7(20-21)9(19-11)14-4-1-6(16)13-10(14)18/h1,4,7-9,15,17H,2-3,5,12,21H2,(H,13,16,18)/t7?,8-,9+,11+/m0/s1. The number of nitrogens with two attached hydrogens (primary N) is 1. The molecule has 0 spiro atoms. The van der Waals surface area contributed by atoms with E-state index in [-0.39, 0.29) is 13.0 Å². The summed E-state index contributed by atoms with van der Waals surface area (Å²) in [6, 6.07) is 1.15. The predicted molar refractivity (Wildman–Crippen MR) is 75.5 cm³/mol. The zero-order valence-corrected chi connectivity index (χ0v) is 12.3. The number of aliphatic hydroxyl groups is 2. The van der Waals surface area contributed by atoms with Crippen LogP contribution < -0.4 is 17.0 Å². The fraction of sp³-hybridized carbons (Fsp3) is 0.636. The van der Waals surface area contributed by atoms with E-state index < -0.39 is 41.9 Å². The first-order valence-corrected chi connectivity index (χ1v) is 6.80. The Morgan fingerprint density at radius 3 is 2.81 bits per heavy atom. The van der Waals surface area contributed by atoms with Crippen molar-refractivity contribution in [3.63, 3.8) is 0 Å². The average molecular weight is 319 g/mol. The maximum absolute atomic E-state index is 11.8. The van der Waals surface area contributed by atoms with Crippen LogP contribution in [-0.4, -0.2) is 50.7 Å². The normalized spacial score (nSPS) is 32.5. The van der Waals surface area contributed by atoms with Crippen molar-refractivity contribution in [2.75, 3.05) is 13.2 Å². The first kappa shape index (κ1) is 16.3. The number of rotatable bonds is 5. The van der Waals surface area contributed by atoms with Crippen molar-refractivity contribution in [1.82, 2.24) is 9.55 Å². The van der Waals surface area contributed by atoms with Gasteiger partial charge in [0.2, 0.25) is 0 Å². The van der Waals surface area contributed by atoms with Crippen molar-refractivity contribution in [1.29, 1.82) is 0 Å². The summed E-state index contributed by atoms with van der Waals surface area (Å²) in [5.74, 6) is 0. The number of ether oxygens (including phenoxy) is 1. The number of nitrogens with zero attached hydrogens (tertiary/aromatic N) is 1. The molecule has 5 atom stereocenters. The summed E-state index contributed by atoms with van der Waals surface area (Å²) in [7, 11) is 1.99. The molecule has 0 amide bonds. The van der Waals surface area contributed by atoms with E-state index in [0.717, 1.165) is 10.6 Å². The van der Waals surface area contributed by atoms with Crippen molar-refractivity contribution in [2.24, 2.45) is 5.73 Å². The van der Waals surface area contributed by atoms with E-state index in [2.05, 4.69) is 4.98 Å². The van der Waals surface area contributed by atoms with E-state index in [9.17, 15) is 19.8 Å². The van der Waals surface area contributed by atoms with Gasteiger partial charge in [0.05, 0.1) is 6.61 Å². The summed E-state index contributed by atoms with van der Waals surface area (Å²) in [5.41, 5.74) is 2.92. The summed E-state index contributed by atoms with van der Waals surface area (Å²) >= 11 is 0. The molecule has 1 saturated heterocycles. The number of hydrogen-bond donors (Lipinski definition) is 4. The lowest BCUT2D eigenvalue weighted by Crippen LogP contribution is -2.47. The number of aromatic nitrogens is 2. The van der Waals surface area contributed by atoms with Gasteiger partial charge < -0.3 is 25.2 Å². The van der Waals surface area contributed by atoms with Crippen LogP contribution in [0.2, 0.25) is 0 Å². The summed E-state index contributed by atoms with van der Waals surface area (Å²) in [6.07, 6.45) is -1.68. The van der Waals surface area contributed by atoms with Crippen molar-refractivity contribution >= 4 is 9.47 Å². The SMILES string of the molecule is NCC[C@]1(CO)O[C@@H](n2ccc(=O)[nH]c2=O)C(OP)[C@@H]1O. The van der Waals surface area contributed by atoms with Gasteiger partial charge in [-0.3, -0.25) is 14.3 Å². The van der Waals surface area contributed by atoms with E-state index >= 15 is 0 Å². The van der Waals surface area contributed by atoms with Crippen LogP contribution in [0.15, 0.2) is 21.9 Å². The molecule has 1 aromatic heterocycles. The van der Waals surface area contributed by atoms with Crippen LogP contribution in [0.5, 0.6) is 0 Å². The fourth-order valence-corrected chi connectivity index (χ4v) is 2.76. The number of nitrogens with one attached hydrogen (secondary N) is 1. The van der Waals surface area contributed by atoms with E-state index in [1.165, 1.54) is 6.20 Å². The highest BCUT2D eigenvalue weighted by molar-refractivity contribution is 7.09. The Morgan fingerprint density at radius 2 is 2.29 bits per heavy atom. The molecule has 1 aliphatic rings.